The number of hydrogen-bond donors (Lipinski definition) is 0. The van der Waals surface area contributed by atoms with Crippen molar-refractivity contribution in [3.05, 3.63) is 0 Å². The van der Waals surface area contributed by atoms with Gasteiger partial charge in [0.25, 0.3) is 0 Å². The maximum atomic E-state index is 1.61. The van der Waals surface area contributed by atoms with Crippen LogP contribution >= 0.6 is 0 Å². The Morgan fingerprint density at radius 1 is 0.450 bits per heavy atom. The van der Waals surface area contributed by atoms with Crippen LogP contribution in [0.15, 0.2) is 0 Å². The van der Waals surface area contributed by atoms with E-state index in [0.717, 1.165) is 25.9 Å². The summed E-state index contributed by atoms with van der Waals surface area (Å²) in [4.78, 5) is 0. The first kappa shape index (κ1) is 14.7. The molecule has 0 aromatic heterocycles. The van der Waals surface area contributed by atoms with Gasteiger partial charge in [-0.25, -0.2) is 0 Å². The van der Waals surface area contributed by atoms with Crippen LogP contribution in [0, 0.1) is 0 Å². The van der Waals surface area contributed by atoms with E-state index >= 15 is 0 Å². The quantitative estimate of drug-likeness (QED) is 0.612. The van der Waals surface area contributed by atoms with E-state index < -0.39 is 0 Å². The molecule has 0 amide bonds. The third-order valence-electron chi connectivity index (χ3n) is 6.74. The summed E-state index contributed by atoms with van der Waals surface area (Å²) in [5.41, 5.74) is 2.49. The molecule has 4 bridgehead atoms. The van der Waals surface area contributed by atoms with Gasteiger partial charge in [-0.3, -0.25) is 0 Å². The van der Waals surface area contributed by atoms with Crippen molar-refractivity contribution in [3.8, 4) is 0 Å². The summed E-state index contributed by atoms with van der Waals surface area (Å²) < 4.78 is 0. The number of rotatable bonds is 3. The van der Waals surface area contributed by atoms with Crippen LogP contribution in [0.25, 0.3) is 0 Å². The van der Waals surface area contributed by atoms with Gasteiger partial charge in [0.2, 0.25) is 0 Å². The van der Waals surface area contributed by atoms with Gasteiger partial charge in [-0.2, -0.15) is 0 Å². The van der Waals surface area contributed by atoms with Crippen LogP contribution < -0.4 is 0 Å². The Balaban J connectivity index is 1.37. The van der Waals surface area contributed by atoms with E-state index in [0.29, 0.717) is 0 Å². The molecule has 0 aromatic carbocycles. The van der Waals surface area contributed by atoms with Crippen LogP contribution in [-0.2, 0) is 0 Å². The van der Waals surface area contributed by atoms with E-state index in [1.807, 2.05) is 0 Å². The van der Waals surface area contributed by atoms with Gasteiger partial charge < -0.3 is 0 Å². The SMILES string of the molecule is C1CC2CCCC(C1)B2[Se][Se]B1C2CCCC1CCC2. The topological polar surface area (TPSA) is 0 Å². The summed E-state index contributed by atoms with van der Waals surface area (Å²) in [7, 11) is 0. The minimum absolute atomic E-state index is 1.05. The molecule has 4 heterocycles. The second-order valence-electron chi connectivity index (χ2n) is 7.89. The average Bonchev–Trinajstić information content (AvgIpc) is 2.44. The molecule has 0 radical (unpaired) electrons. The fourth-order valence-corrected chi connectivity index (χ4v) is 19.5. The zero-order valence-electron chi connectivity index (χ0n) is 12.8. The molecule has 0 N–H and O–H groups in total. The molecule has 0 saturated carbocycles. The first-order chi connectivity index (χ1) is 9.92. The molecule has 0 aliphatic carbocycles. The predicted molar refractivity (Wildman–Crippen MR) is 93.4 cm³/mol. The third kappa shape index (κ3) is 2.97. The van der Waals surface area contributed by atoms with Crippen molar-refractivity contribution in [2.24, 2.45) is 0 Å². The molecule has 110 valence electrons. The zero-order valence-corrected chi connectivity index (χ0v) is 16.2. The first-order valence-electron chi connectivity index (χ1n) is 9.24. The maximum absolute atomic E-state index is 1.61. The number of hydrogen-bond acceptors (Lipinski definition) is 0. The van der Waals surface area contributed by atoms with E-state index in [2.05, 4.69) is 0 Å². The Hall–Kier alpha value is 1.17. The molecule has 4 saturated heterocycles. The van der Waals surface area contributed by atoms with Crippen LogP contribution in [-0.4, -0.2) is 37.0 Å². The fourth-order valence-electron chi connectivity index (χ4n) is 5.67. The molecule has 4 heteroatoms. The van der Waals surface area contributed by atoms with Crippen molar-refractivity contribution in [1.82, 2.24) is 0 Å². The van der Waals surface area contributed by atoms with E-state index in [1.54, 1.807) is 77.0 Å². The standard InChI is InChI=1S/C16H28B2Se2/c1-5-13-7-2-8-14(6-1)17(13)19-20-18-15-9-3-10-16(18)12-4-11-15/h13-16H,1-12H2. The monoisotopic (exact) mass is 402 g/mol. The van der Waals surface area contributed by atoms with Crippen LogP contribution in [0.1, 0.15) is 77.0 Å². The summed E-state index contributed by atoms with van der Waals surface area (Å²) in [6.45, 7) is 0. The van der Waals surface area contributed by atoms with E-state index in [-0.39, 0.29) is 0 Å². The number of fused-ring (bicyclic) bond motifs is 4. The van der Waals surface area contributed by atoms with Crippen LogP contribution in [0.3, 0.4) is 0 Å². The molecule has 0 aromatic rings. The van der Waals surface area contributed by atoms with E-state index in [4.69, 9.17) is 0 Å². The molecular weight excluding hydrogens is 372 g/mol. The average molecular weight is 400 g/mol. The minimum atomic E-state index is 1.05. The molecule has 20 heavy (non-hydrogen) atoms. The molecule has 4 aliphatic heterocycles. The first-order valence-corrected chi connectivity index (χ1v) is 15.5. The summed E-state index contributed by atoms with van der Waals surface area (Å²) in [5.74, 6) is 4.75. The van der Waals surface area contributed by atoms with E-state index in [1.165, 1.54) is 34.3 Å². The van der Waals surface area contributed by atoms with Gasteiger partial charge in [0.15, 0.2) is 0 Å². The Morgan fingerprint density at radius 2 is 0.700 bits per heavy atom. The fraction of sp³-hybridized carbons (Fsp3) is 1.00. The molecule has 4 aliphatic rings. The predicted octanol–water partition coefficient (Wildman–Crippen LogP) is 4.51. The molecule has 4 rings (SSSR count). The van der Waals surface area contributed by atoms with Crippen molar-refractivity contribution in [3.63, 3.8) is 0 Å². The van der Waals surface area contributed by atoms with Crippen molar-refractivity contribution in [2.45, 2.75) is 100 Å². The second kappa shape index (κ2) is 6.74. The van der Waals surface area contributed by atoms with Gasteiger partial charge in [-0.1, -0.05) is 0 Å². The van der Waals surface area contributed by atoms with Gasteiger partial charge in [0.05, 0.1) is 0 Å². The molecule has 0 atom stereocenters. The summed E-state index contributed by atoms with van der Waals surface area (Å²) in [5, 5.41) is 0. The Kier molecular flexibility index (Phi) is 4.97. The molecule has 0 spiro atoms. The van der Waals surface area contributed by atoms with Crippen molar-refractivity contribution < 1.29 is 0 Å². The van der Waals surface area contributed by atoms with Gasteiger partial charge in [-0.05, 0) is 0 Å². The molecule has 0 unspecified atom stereocenters. The summed E-state index contributed by atoms with van der Waals surface area (Å²) >= 11 is 2.11. The Morgan fingerprint density at radius 3 is 0.950 bits per heavy atom. The van der Waals surface area contributed by atoms with Gasteiger partial charge in [0, 0.05) is 0 Å². The Labute approximate surface area is 137 Å². The van der Waals surface area contributed by atoms with Gasteiger partial charge >= 0.3 is 137 Å². The van der Waals surface area contributed by atoms with E-state index in [9.17, 15) is 0 Å². The summed E-state index contributed by atoms with van der Waals surface area (Å²) in [6.07, 6.45) is 19.2. The van der Waals surface area contributed by atoms with Gasteiger partial charge in [-0.15, -0.1) is 0 Å². The van der Waals surface area contributed by atoms with Crippen molar-refractivity contribution in [1.29, 1.82) is 0 Å². The van der Waals surface area contributed by atoms with Crippen molar-refractivity contribution >= 4 is 37.0 Å². The third-order valence-corrected chi connectivity index (χ3v) is 17.2. The van der Waals surface area contributed by atoms with Crippen molar-refractivity contribution in [2.75, 3.05) is 0 Å². The molecule has 0 nitrogen and oxygen atoms in total. The van der Waals surface area contributed by atoms with Gasteiger partial charge in [0.1, 0.15) is 0 Å². The second-order valence-corrected chi connectivity index (χ2v) is 15.2. The van der Waals surface area contributed by atoms with Crippen LogP contribution in [0.5, 0.6) is 0 Å². The van der Waals surface area contributed by atoms with Crippen LogP contribution in [0.4, 0.5) is 0 Å². The normalized spacial score (nSPS) is 40.8. The molecular formula is C16H28B2Se2. The zero-order chi connectivity index (χ0) is 13.4. The summed E-state index contributed by atoms with van der Waals surface area (Å²) in [6, 6.07) is 0. The van der Waals surface area contributed by atoms with Crippen LogP contribution in [0.2, 0.25) is 23.3 Å². The molecule has 4 fully saturated rings. The Bertz CT molecular complexity index is 262.